The molecule has 1 aliphatic rings. The molecular formula is C17H20N2O4S. The summed E-state index contributed by atoms with van der Waals surface area (Å²) in [4.78, 5) is 29.9. The minimum absolute atomic E-state index is 0.259. The summed E-state index contributed by atoms with van der Waals surface area (Å²) < 4.78 is 5.24. The highest BCUT2D eigenvalue weighted by atomic mass is 32.1. The van der Waals surface area contributed by atoms with Crippen molar-refractivity contribution in [2.75, 3.05) is 19.4 Å². The first-order chi connectivity index (χ1) is 11.6. The average molecular weight is 348 g/mol. The number of aliphatic carboxylic acids is 1. The number of hydrogen-bond acceptors (Lipinski definition) is 5. The predicted octanol–water partition coefficient (Wildman–Crippen LogP) is 2.27. The molecule has 0 aromatic heterocycles. The number of amides is 1. The number of benzene rings is 1. The summed E-state index contributed by atoms with van der Waals surface area (Å²) in [5.74, 6) is -0.0589. The highest BCUT2D eigenvalue weighted by Crippen LogP contribution is 2.21. The number of aliphatic imine (C=N–C) groups is 1. The van der Waals surface area contributed by atoms with Crippen molar-refractivity contribution in [2.24, 2.45) is 4.99 Å². The van der Waals surface area contributed by atoms with E-state index in [4.69, 9.17) is 4.74 Å². The number of carboxylic acid groups (broad SMARTS) is 1. The number of ether oxygens (including phenoxy) is 1. The molecule has 0 unspecified atom stereocenters. The second-order valence-corrected chi connectivity index (χ2v) is 5.65. The zero-order chi connectivity index (χ0) is 17.5. The molecular weight excluding hydrogens is 328 g/mol. The molecule has 0 saturated heterocycles. The molecule has 0 aliphatic carbocycles. The van der Waals surface area contributed by atoms with E-state index in [1.54, 1.807) is 30.3 Å². The standard InChI is InChI=1S/C17H20N2O4S/c1-23-14-7-3-2-6-12(14)16(20)19-10-5-4-8-15(19)18-13(9-11-24)17(21)22/h2-4,6-8,13,24H,5,9-11H2,1H3,(H,21,22)/t13-/m0/s1. The summed E-state index contributed by atoms with van der Waals surface area (Å²) in [5, 5.41) is 9.27. The molecule has 1 heterocycles. The fourth-order valence-electron chi connectivity index (χ4n) is 2.41. The first-order valence-electron chi connectivity index (χ1n) is 7.61. The van der Waals surface area contributed by atoms with E-state index in [0.29, 0.717) is 42.3 Å². The van der Waals surface area contributed by atoms with Gasteiger partial charge >= 0.3 is 5.97 Å². The van der Waals surface area contributed by atoms with Gasteiger partial charge in [0.2, 0.25) is 0 Å². The fraction of sp³-hybridized carbons (Fsp3) is 0.353. The van der Waals surface area contributed by atoms with Crippen LogP contribution in [0.4, 0.5) is 0 Å². The van der Waals surface area contributed by atoms with Crippen molar-refractivity contribution < 1.29 is 19.4 Å². The Morgan fingerprint density at radius 1 is 1.42 bits per heavy atom. The highest BCUT2D eigenvalue weighted by Gasteiger charge is 2.26. The zero-order valence-electron chi connectivity index (χ0n) is 13.4. The Labute approximate surface area is 146 Å². The van der Waals surface area contributed by atoms with Crippen molar-refractivity contribution in [3.8, 4) is 5.75 Å². The Kier molecular flexibility index (Phi) is 6.43. The number of carbonyl (C=O) groups excluding carboxylic acids is 1. The van der Waals surface area contributed by atoms with E-state index in [1.807, 2.05) is 6.08 Å². The molecule has 6 nitrogen and oxygen atoms in total. The lowest BCUT2D eigenvalue weighted by molar-refractivity contribution is -0.138. The van der Waals surface area contributed by atoms with Crippen LogP contribution in [0.2, 0.25) is 0 Å². The molecule has 1 aromatic rings. The van der Waals surface area contributed by atoms with Crippen molar-refractivity contribution in [3.05, 3.63) is 42.0 Å². The Morgan fingerprint density at radius 3 is 2.83 bits per heavy atom. The number of thiol groups is 1. The number of rotatable bonds is 6. The number of carboxylic acids is 1. The van der Waals surface area contributed by atoms with E-state index in [0.717, 1.165) is 0 Å². The van der Waals surface area contributed by atoms with E-state index in [2.05, 4.69) is 17.6 Å². The molecule has 0 fully saturated rings. The highest BCUT2D eigenvalue weighted by molar-refractivity contribution is 7.80. The third kappa shape index (κ3) is 4.17. The molecule has 0 saturated carbocycles. The predicted molar refractivity (Wildman–Crippen MR) is 95.1 cm³/mol. The number of nitrogens with zero attached hydrogens (tertiary/aromatic N) is 2. The summed E-state index contributed by atoms with van der Waals surface area (Å²) >= 11 is 4.07. The van der Waals surface area contributed by atoms with Gasteiger partial charge in [-0.3, -0.25) is 14.7 Å². The smallest absolute Gasteiger partial charge is 0.328 e. The van der Waals surface area contributed by atoms with Gasteiger partial charge in [0.25, 0.3) is 5.91 Å². The van der Waals surface area contributed by atoms with Crippen LogP contribution >= 0.6 is 12.6 Å². The lowest BCUT2D eigenvalue weighted by Gasteiger charge is -2.26. The maximum absolute atomic E-state index is 12.9. The summed E-state index contributed by atoms with van der Waals surface area (Å²) in [6, 6.07) is 6.01. The van der Waals surface area contributed by atoms with Crippen LogP contribution in [0.5, 0.6) is 5.75 Å². The molecule has 1 atom stereocenters. The van der Waals surface area contributed by atoms with Gasteiger partial charge in [0.05, 0.1) is 12.7 Å². The third-order valence-corrected chi connectivity index (χ3v) is 3.88. The second-order valence-electron chi connectivity index (χ2n) is 5.20. The largest absolute Gasteiger partial charge is 0.496 e. The Morgan fingerprint density at radius 2 is 2.17 bits per heavy atom. The maximum atomic E-state index is 12.9. The Hall–Kier alpha value is -2.28. The summed E-state index contributed by atoms with van der Waals surface area (Å²) in [7, 11) is 1.50. The van der Waals surface area contributed by atoms with Gasteiger partial charge in [-0.05, 0) is 36.8 Å². The van der Waals surface area contributed by atoms with Crippen LogP contribution in [0.3, 0.4) is 0 Å². The van der Waals surface area contributed by atoms with Gasteiger partial charge in [0.1, 0.15) is 11.6 Å². The monoisotopic (exact) mass is 348 g/mol. The first kappa shape index (κ1) is 18.1. The lowest BCUT2D eigenvalue weighted by atomic mass is 10.1. The van der Waals surface area contributed by atoms with Crippen molar-refractivity contribution in [2.45, 2.75) is 18.9 Å². The van der Waals surface area contributed by atoms with Crippen LogP contribution in [0.1, 0.15) is 23.2 Å². The van der Waals surface area contributed by atoms with Crippen molar-refractivity contribution in [1.29, 1.82) is 0 Å². The van der Waals surface area contributed by atoms with Crippen LogP contribution in [-0.2, 0) is 4.79 Å². The van der Waals surface area contributed by atoms with Crippen molar-refractivity contribution in [3.63, 3.8) is 0 Å². The average Bonchev–Trinajstić information content (AvgIpc) is 2.61. The fourth-order valence-corrected chi connectivity index (χ4v) is 2.65. The van der Waals surface area contributed by atoms with E-state index in [9.17, 15) is 14.7 Å². The SMILES string of the molecule is COc1ccccc1C(=O)N1CCC=CC1=N[C@@H](CCS)C(=O)O. The number of para-hydroxylation sites is 1. The molecule has 0 spiro atoms. The van der Waals surface area contributed by atoms with Crippen LogP contribution in [0.25, 0.3) is 0 Å². The molecule has 1 aliphatic heterocycles. The summed E-state index contributed by atoms with van der Waals surface area (Å²) in [6.07, 6.45) is 4.55. The van der Waals surface area contributed by atoms with E-state index < -0.39 is 12.0 Å². The second kappa shape index (κ2) is 8.54. The topological polar surface area (TPSA) is 79.2 Å². The molecule has 128 valence electrons. The molecule has 1 amide bonds. The van der Waals surface area contributed by atoms with Crippen molar-refractivity contribution >= 4 is 30.3 Å². The van der Waals surface area contributed by atoms with Gasteiger partial charge < -0.3 is 9.84 Å². The first-order valence-corrected chi connectivity index (χ1v) is 8.24. The van der Waals surface area contributed by atoms with E-state index >= 15 is 0 Å². The Balaban J connectivity index is 2.34. The van der Waals surface area contributed by atoms with Gasteiger partial charge in [0, 0.05) is 6.54 Å². The van der Waals surface area contributed by atoms with Crippen LogP contribution < -0.4 is 4.74 Å². The molecule has 2 rings (SSSR count). The van der Waals surface area contributed by atoms with Gasteiger partial charge in [0.15, 0.2) is 6.04 Å². The normalized spacial score (nSPS) is 16.9. The third-order valence-electron chi connectivity index (χ3n) is 3.62. The molecule has 7 heteroatoms. The Bertz CT molecular complexity index is 672. The molecule has 0 bridgehead atoms. The minimum Gasteiger partial charge on any atom is -0.496 e. The number of hydrogen-bond donors (Lipinski definition) is 2. The summed E-state index contributed by atoms with van der Waals surface area (Å²) in [5.41, 5.74) is 0.420. The molecule has 24 heavy (non-hydrogen) atoms. The maximum Gasteiger partial charge on any atom is 0.328 e. The van der Waals surface area contributed by atoms with E-state index in [-0.39, 0.29) is 5.91 Å². The van der Waals surface area contributed by atoms with E-state index in [1.165, 1.54) is 12.0 Å². The zero-order valence-corrected chi connectivity index (χ0v) is 14.3. The van der Waals surface area contributed by atoms with Crippen LogP contribution in [0, 0.1) is 0 Å². The van der Waals surface area contributed by atoms with Gasteiger partial charge in [-0.1, -0.05) is 18.2 Å². The molecule has 0 radical (unpaired) electrons. The van der Waals surface area contributed by atoms with Gasteiger partial charge in [-0.2, -0.15) is 12.6 Å². The number of methoxy groups -OCH3 is 1. The van der Waals surface area contributed by atoms with Crippen LogP contribution in [-0.4, -0.2) is 53.2 Å². The number of carbonyl (C=O) groups is 2. The summed E-state index contributed by atoms with van der Waals surface area (Å²) in [6.45, 7) is 0.444. The van der Waals surface area contributed by atoms with Crippen LogP contribution in [0.15, 0.2) is 41.4 Å². The molecule has 1 N–H and O–H groups in total. The van der Waals surface area contributed by atoms with Crippen molar-refractivity contribution in [1.82, 2.24) is 4.90 Å². The van der Waals surface area contributed by atoms with Gasteiger partial charge in [-0.15, -0.1) is 0 Å². The quantitative estimate of drug-likeness (QED) is 0.773. The number of amidine groups is 1. The lowest BCUT2D eigenvalue weighted by Crippen LogP contribution is -2.40. The minimum atomic E-state index is -1.03. The van der Waals surface area contributed by atoms with Gasteiger partial charge in [-0.25, -0.2) is 4.79 Å². The molecule has 1 aromatic carbocycles.